The number of rotatable bonds is 2. The zero-order chi connectivity index (χ0) is 8.58. The van der Waals surface area contributed by atoms with Gasteiger partial charge in [-0.1, -0.05) is 0 Å². The van der Waals surface area contributed by atoms with Gasteiger partial charge in [-0.05, 0) is 0 Å². The van der Waals surface area contributed by atoms with E-state index in [2.05, 4.69) is 54.9 Å². The second-order valence-electron chi connectivity index (χ2n) is 4.90. The summed E-state index contributed by atoms with van der Waals surface area (Å²) < 4.78 is 0. The third-order valence-electron chi connectivity index (χ3n) is 2.01. The van der Waals surface area contributed by atoms with Crippen LogP contribution in [0.25, 0.3) is 0 Å². The van der Waals surface area contributed by atoms with Gasteiger partial charge in [0.25, 0.3) is 0 Å². The topological polar surface area (TPSA) is 0 Å². The molecule has 0 nitrogen and oxygen atoms in total. The molecule has 0 aromatic carbocycles. The molecule has 0 saturated carbocycles. The molecule has 0 N–H and O–H groups in total. The van der Waals surface area contributed by atoms with Gasteiger partial charge in [-0.3, -0.25) is 0 Å². The van der Waals surface area contributed by atoms with Crippen molar-refractivity contribution >= 4 is 39.7 Å². The van der Waals surface area contributed by atoms with E-state index in [1.54, 1.807) is 0 Å². The molecule has 10 heavy (non-hydrogen) atoms. The maximum atomic E-state index is 2.60. The van der Waals surface area contributed by atoms with Crippen molar-refractivity contribution in [3.63, 3.8) is 0 Å². The van der Waals surface area contributed by atoms with Crippen LogP contribution in [0.3, 0.4) is 0 Å². The van der Waals surface area contributed by atoms with Crippen LogP contribution < -0.4 is 0 Å². The first-order chi connectivity index (χ1) is 4.15. The molecule has 0 spiro atoms. The summed E-state index contributed by atoms with van der Waals surface area (Å²) in [6.45, 7) is 13.9. The van der Waals surface area contributed by atoms with Gasteiger partial charge < -0.3 is 0 Å². The fourth-order valence-corrected chi connectivity index (χ4v) is 47.1. The molecular weight excluding hydrogens is 210 g/mol. The molecule has 4 heteroatoms. The molecule has 56 valence electrons. The molecule has 0 radical (unpaired) electrons. The minimum absolute atomic E-state index is 0.368. The van der Waals surface area contributed by atoms with E-state index >= 15 is 0 Å². The Hall–Kier alpha value is 1.59. The Labute approximate surface area is 78.6 Å². The summed E-state index contributed by atoms with van der Waals surface area (Å²) in [5.41, 5.74) is 0. The first-order valence-corrected chi connectivity index (χ1v) is 18.3. The van der Waals surface area contributed by atoms with Gasteiger partial charge in [-0.2, -0.15) is 0 Å². The fourth-order valence-electron chi connectivity index (χ4n) is 1.01. The molecule has 0 aliphatic heterocycles. The predicted molar refractivity (Wildman–Crippen MR) is 58.2 cm³/mol. The molecule has 0 fully saturated rings. The van der Waals surface area contributed by atoms with Crippen molar-refractivity contribution in [1.82, 2.24) is 0 Å². The molecule has 0 saturated heterocycles. The van der Waals surface area contributed by atoms with Crippen molar-refractivity contribution in [3.8, 4) is 0 Å². The van der Waals surface area contributed by atoms with Gasteiger partial charge >= 0.3 is 79.0 Å². The Balaban J connectivity index is 4.23. The Morgan fingerprint density at radius 3 is 1.00 bits per heavy atom. The maximum absolute atomic E-state index is 2.60. The normalized spacial score (nSPS) is 14.5. The molecule has 0 heterocycles. The van der Waals surface area contributed by atoms with E-state index in [9.17, 15) is 0 Å². The Morgan fingerprint density at radius 1 is 0.800 bits per heavy atom. The fraction of sp³-hybridized carbons (Fsp3) is 1.00. The Kier molecular flexibility index (Phi) is 4.10. The first kappa shape index (κ1) is 11.6. The molecule has 0 amide bonds. The van der Waals surface area contributed by atoms with E-state index < -0.39 is 13.1 Å². The van der Waals surface area contributed by atoms with E-state index in [0.717, 1.165) is 0 Å². The SMILES string of the molecule is [Li][As]([Si](C)(C)C)[Si](C)(C)C. The van der Waals surface area contributed by atoms with Crippen molar-refractivity contribution < 1.29 is 0 Å². The van der Waals surface area contributed by atoms with E-state index in [-0.39, 0.29) is 11.1 Å². The summed E-state index contributed by atoms with van der Waals surface area (Å²) in [7, 11) is 0. The molecule has 0 rings (SSSR count). The summed E-state index contributed by atoms with van der Waals surface area (Å²) in [4.78, 5) is 0. The Morgan fingerprint density at radius 2 is 1.00 bits per heavy atom. The Bertz CT molecular complexity index is 99.9. The zero-order valence-corrected chi connectivity index (χ0v) is 12.3. The summed E-state index contributed by atoms with van der Waals surface area (Å²) in [5, 5.41) is 0. The third-order valence-corrected chi connectivity index (χ3v) is 52.3. The molecule has 0 unspecified atom stereocenters. The van der Waals surface area contributed by atoms with Crippen LogP contribution in [0.2, 0.25) is 39.3 Å². The van der Waals surface area contributed by atoms with E-state index in [1.807, 2.05) is 0 Å². The van der Waals surface area contributed by atoms with Gasteiger partial charge in [-0.15, -0.1) is 0 Å². The first-order valence-electron chi connectivity index (χ1n) is 3.89. The van der Waals surface area contributed by atoms with Crippen LogP contribution in [0.5, 0.6) is 0 Å². The standard InChI is InChI=1S/C6H18AsSi2.Li/c1-8(2,3)7-9(4,5)6;/h1-6H3;/q-1;+1. The van der Waals surface area contributed by atoms with E-state index in [0.29, 0.717) is 0 Å². The quantitative estimate of drug-likeness (QED) is 0.634. The van der Waals surface area contributed by atoms with E-state index in [4.69, 9.17) is 0 Å². The van der Waals surface area contributed by atoms with E-state index in [1.165, 1.54) is 0 Å². The van der Waals surface area contributed by atoms with Crippen LogP contribution in [0.15, 0.2) is 0 Å². The molecule has 0 bridgehead atoms. The van der Waals surface area contributed by atoms with Crippen LogP contribution in [-0.2, 0) is 0 Å². The van der Waals surface area contributed by atoms with Crippen LogP contribution in [0.1, 0.15) is 0 Å². The van der Waals surface area contributed by atoms with Gasteiger partial charge in [0.15, 0.2) is 0 Å². The van der Waals surface area contributed by atoms with Crippen molar-refractivity contribution in [3.05, 3.63) is 0 Å². The van der Waals surface area contributed by atoms with Crippen molar-refractivity contribution in [1.29, 1.82) is 0 Å². The summed E-state index contributed by atoms with van der Waals surface area (Å²) >= 11 is 2.23. The summed E-state index contributed by atoms with van der Waals surface area (Å²) in [5.74, 6) is 0. The van der Waals surface area contributed by atoms with Crippen molar-refractivity contribution in [2.45, 2.75) is 39.3 Å². The van der Waals surface area contributed by atoms with Crippen LogP contribution in [-0.4, -0.2) is 39.7 Å². The zero-order valence-electron chi connectivity index (χ0n) is 8.45. The van der Waals surface area contributed by atoms with Gasteiger partial charge in [0, 0.05) is 0 Å². The van der Waals surface area contributed by atoms with Gasteiger partial charge in [-0.25, -0.2) is 0 Å². The summed E-state index contributed by atoms with van der Waals surface area (Å²) in [6.07, 6.45) is 0. The predicted octanol–water partition coefficient (Wildman–Crippen LogP) is 1.98. The minimum atomic E-state index is -0.688. The second kappa shape index (κ2) is 3.54. The molecule has 0 atom stereocenters. The van der Waals surface area contributed by atoms with Crippen LogP contribution in [0.4, 0.5) is 0 Å². The number of hydrogen-bond donors (Lipinski definition) is 0. The number of hydrogen-bond acceptors (Lipinski definition) is 0. The van der Waals surface area contributed by atoms with Gasteiger partial charge in [0.2, 0.25) is 0 Å². The average Bonchev–Trinajstić information content (AvgIpc) is 1.59. The van der Waals surface area contributed by atoms with Crippen LogP contribution >= 0.6 is 0 Å². The monoisotopic (exact) mass is 228 g/mol. The van der Waals surface area contributed by atoms with Gasteiger partial charge in [0.1, 0.15) is 0 Å². The molecular formula is C6H18AsLiSi2. The average molecular weight is 228 g/mol. The molecule has 0 aliphatic rings. The van der Waals surface area contributed by atoms with Crippen molar-refractivity contribution in [2.75, 3.05) is 0 Å². The van der Waals surface area contributed by atoms with Gasteiger partial charge in [0.05, 0.1) is 0 Å². The molecule has 0 aromatic rings. The van der Waals surface area contributed by atoms with Crippen molar-refractivity contribution in [2.24, 2.45) is 0 Å². The molecule has 0 aromatic heterocycles. The molecule has 0 aliphatic carbocycles. The second-order valence-corrected chi connectivity index (χ2v) is 42.1. The van der Waals surface area contributed by atoms with Crippen LogP contribution in [0, 0.1) is 0 Å². The summed E-state index contributed by atoms with van der Waals surface area (Å²) in [6, 6.07) is 0. The third kappa shape index (κ3) is 3.83.